The van der Waals surface area contributed by atoms with Crippen LogP contribution < -0.4 is 15.4 Å². The zero-order chi connectivity index (χ0) is 14.2. The first-order chi connectivity index (χ1) is 9.81. The predicted molar refractivity (Wildman–Crippen MR) is 80.9 cm³/mol. The number of nitrogens with one attached hydrogen (secondary N) is 2. The van der Waals surface area contributed by atoms with Gasteiger partial charge in [-0.15, -0.1) is 0 Å². The summed E-state index contributed by atoms with van der Waals surface area (Å²) in [6.45, 7) is 7.18. The molecule has 110 valence electrons. The fraction of sp³-hybridized carbons (Fsp3) is 0.600. The number of aliphatic imine (C=N–C) groups is 1. The molecule has 1 saturated carbocycles. The van der Waals surface area contributed by atoms with E-state index in [9.17, 15) is 0 Å². The average molecular weight is 276 g/mol. The zero-order valence-electron chi connectivity index (χ0n) is 12.4. The van der Waals surface area contributed by atoms with Crippen LogP contribution in [0.1, 0.15) is 32.3 Å². The highest BCUT2D eigenvalue weighted by Crippen LogP contribution is 2.27. The Hall–Kier alpha value is -1.78. The van der Waals surface area contributed by atoms with Gasteiger partial charge in [-0.05, 0) is 44.2 Å². The van der Waals surface area contributed by atoms with Crippen molar-refractivity contribution >= 4 is 5.96 Å². The van der Waals surface area contributed by atoms with Crippen molar-refractivity contribution in [3.8, 4) is 5.88 Å². The van der Waals surface area contributed by atoms with Crippen LogP contribution in [0.4, 0.5) is 0 Å². The number of rotatable bonds is 7. The molecular formula is C15H24N4O. The Kier molecular flexibility index (Phi) is 5.65. The van der Waals surface area contributed by atoms with Gasteiger partial charge in [-0.2, -0.15) is 0 Å². The summed E-state index contributed by atoms with van der Waals surface area (Å²) in [5.74, 6) is 2.38. The standard InChI is InChI=1S/C15H24N4O/c1-3-16-15(18-10-12-5-6-12)19-11-13-7-8-17-14(9-13)20-4-2/h7-9,12H,3-6,10-11H2,1-2H3,(H2,16,18,19). The van der Waals surface area contributed by atoms with Gasteiger partial charge in [0.1, 0.15) is 0 Å². The Morgan fingerprint density at radius 2 is 2.25 bits per heavy atom. The second-order valence-electron chi connectivity index (χ2n) is 4.95. The third kappa shape index (κ3) is 5.07. The summed E-state index contributed by atoms with van der Waals surface area (Å²) in [7, 11) is 0. The van der Waals surface area contributed by atoms with Crippen molar-refractivity contribution in [1.82, 2.24) is 15.6 Å². The molecule has 5 heteroatoms. The molecule has 0 aromatic carbocycles. The predicted octanol–water partition coefficient (Wildman–Crippen LogP) is 1.95. The molecule has 1 aliphatic carbocycles. The molecule has 1 heterocycles. The van der Waals surface area contributed by atoms with E-state index in [-0.39, 0.29) is 0 Å². The van der Waals surface area contributed by atoms with Crippen molar-refractivity contribution in [3.63, 3.8) is 0 Å². The first kappa shape index (κ1) is 14.6. The van der Waals surface area contributed by atoms with Crippen molar-refractivity contribution in [2.75, 3.05) is 19.7 Å². The number of pyridine rings is 1. The van der Waals surface area contributed by atoms with Crippen LogP contribution >= 0.6 is 0 Å². The van der Waals surface area contributed by atoms with Gasteiger partial charge in [0.25, 0.3) is 0 Å². The molecule has 0 saturated heterocycles. The molecule has 2 N–H and O–H groups in total. The van der Waals surface area contributed by atoms with Crippen molar-refractivity contribution in [2.45, 2.75) is 33.2 Å². The molecule has 0 aliphatic heterocycles. The van der Waals surface area contributed by atoms with Gasteiger partial charge >= 0.3 is 0 Å². The third-order valence-corrected chi connectivity index (χ3v) is 3.11. The summed E-state index contributed by atoms with van der Waals surface area (Å²) in [4.78, 5) is 8.75. The van der Waals surface area contributed by atoms with E-state index in [2.05, 4.69) is 27.5 Å². The SMILES string of the molecule is CCNC(=NCc1ccnc(OCC)c1)NCC1CC1. The fourth-order valence-corrected chi connectivity index (χ4v) is 1.85. The smallest absolute Gasteiger partial charge is 0.213 e. The highest BCUT2D eigenvalue weighted by atomic mass is 16.5. The van der Waals surface area contributed by atoms with Gasteiger partial charge < -0.3 is 15.4 Å². The van der Waals surface area contributed by atoms with Gasteiger partial charge in [-0.1, -0.05) is 0 Å². The molecule has 1 aromatic rings. The molecule has 0 radical (unpaired) electrons. The molecule has 5 nitrogen and oxygen atoms in total. The summed E-state index contributed by atoms with van der Waals surface area (Å²) >= 11 is 0. The molecule has 0 atom stereocenters. The quantitative estimate of drug-likeness (QED) is 0.590. The zero-order valence-corrected chi connectivity index (χ0v) is 12.4. The Labute approximate surface area is 120 Å². The van der Waals surface area contributed by atoms with Gasteiger partial charge in [0.2, 0.25) is 5.88 Å². The third-order valence-electron chi connectivity index (χ3n) is 3.11. The lowest BCUT2D eigenvalue weighted by Crippen LogP contribution is -2.38. The number of guanidine groups is 1. The summed E-state index contributed by atoms with van der Waals surface area (Å²) in [6.07, 6.45) is 4.45. The number of hydrogen-bond donors (Lipinski definition) is 2. The van der Waals surface area contributed by atoms with E-state index < -0.39 is 0 Å². The first-order valence-electron chi connectivity index (χ1n) is 7.41. The van der Waals surface area contributed by atoms with Crippen LogP contribution in [0.25, 0.3) is 0 Å². The van der Waals surface area contributed by atoms with Gasteiger partial charge in [-0.3, -0.25) is 0 Å². The highest BCUT2D eigenvalue weighted by molar-refractivity contribution is 5.79. The maximum absolute atomic E-state index is 5.40. The van der Waals surface area contributed by atoms with E-state index in [1.807, 2.05) is 19.1 Å². The fourth-order valence-electron chi connectivity index (χ4n) is 1.85. The van der Waals surface area contributed by atoms with Crippen LogP contribution in [-0.2, 0) is 6.54 Å². The first-order valence-corrected chi connectivity index (χ1v) is 7.41. The molecule has 1 aliphatic rings. The minimum atomic E-state index is 0.628. The molecule has 0 unspecified atom stereocenters. The second kappa shape index (κ2) is 7.72. The topological polar surface area (TPSA) is 58.5 Å². The molecule has 0 amide bonds. The number of hydrogen-bond acceptors (Lipinski definition) is 3. The van der Waals surface area contributed by atoms with E-state index in [0.717, 1.165) is 30.5 Å². The van der Waals surface area contributed by atoms with Crippen molar-refractivity contribution in [2.24, 2.45) is 10.9 Å². The summed E-state index contributed by atoms with van der Waals surface area (Å²) in [6, 6.07) is 3.91. The normalized spacial score (nSPS) is 15.0. The Balaban J connectivity index is 1.90. The maximum atomic E-state index is 5.40. The van der Waals surface area contributed by atoms with Crippen LogP contribution in [0.3, 0.4) is 0 Å². The Morgan fingerprint density at radius 1 is 1.40 bits per heavy atom. The summed E-state index contributed by atoms with van der Waals surface area (Å²) in [5.41, 5.74) is 1.10. The largest absolute Gasteiger partial charge is 0.478 e. The molecule has 2 rings (SSSR count). The van der Waals surface area contributed by atoms with Crippen LogP contribution in [0.2, 0.25) is 0 Å². The van der Waals surface area contributed by atoms with Crippen LogP contribution in [0, 0.1) is 5.92 Å². The van der Waals surface area contributed by atoms with Gasteiger partial charge in [0.15, 0.2) is 5.96 Å². The minimum Gasteiger partial charge on any atom is -0.478 e. The molecule has 1 aromatic heterocycles. The van der Waals surface area contributed by atoms with E-state index in [0.29, 0.717) is 19.0 Å². The van der Waals surface area contributed by atoms with Crippen molar-refractivity contribution < 1.29 is 4.74 Å². The van der Waals surface area contributed by atoms with Crippen molar-refractivity contribution in [1.29, 1.82) is 0 Å². The van der Waals surface area contributed by atoms with E-state index in [4.69, 9.17) is 4.74 Å². The van der Waals surface area contributed by atoms with Crippen LogP contribution in [0.15, 0.2) is 23.3 Å². The van der Waals surface area contributed by atoms with Gasteiger partial charge in [-0.25, -0.2) is 9.98 Å². The maximum Gasteiger partial charge on any atom is 0.213 e. The highest BCUT2D eigenvalue weighted by Gasteiger charge is 2.20. The van der Waals surface area contributed by atoms with Crippen LogP contribution in [0.5, 0.6) is 5.88 Å². The van der Waals surface area contributed by atoms with Gasteiger partial charge in [0, 0.05) is 25.4 Å². The van der Waals surface area contributed by atoms with E-state index >= 15 is 0 Å². The minimum absolute atomic E-state index is 0.628. The van der Waals surface area contributed by atoms with Crippen LogP contribution in [-0.4, -0.2) is 30.6 Å². The van der Waals surface area contributed by atoms with Gasteiger partial charge in [0.05, 0.1) is 13.2 Å². The summed E-state index contributed by atoms with van der Waals surface area (Å²) < 4.78 is 5.40. The molecular weight excluding hydrogens is 252 g/mol. The number of ether oxygens (including phenoxy) is 1. The Morgan fingerprint density at radius 3 is 2.95 bits per heavy atom. The average Bonchev–Trinajstić information content (AvgIpc) is 3.27. The number of aromatic nitrogens is 1. The second-order valence-corrected chi connectivity index (χ2v) is 4.95. The lowest BCUT2D eigenvalue weighted by atomic mass is 10.3. The lowest BCUT2D eigenvalue weighted by Gasteiger charge is -2.10. The van der Waals surface area contributed by atoms with E-state index in [1.54, 1.807) is 6.20 Å². The monoisotopic (exact) mass is 276 g/mol. The lowest BCUT2D eigenvalue weighted by molar-refractivity contribution is 0.326. The Bertz CT molecular complexity index is 443. The molecule has 0 spiro atoms. The molecule has 20 heavy (non-hydrogen) atoms. The van der Waals surface area contributed by atoms with Crippen molar-refractivity contribution in [3.05, 3.63) is 23.9 Å². The van der Waals surface area contributed by atoms with E-state index in [1.165, 1.54) is 12.8 Å². The molecule has 1 fully saturated rings. The number of nitrogens with zero attached hydrogens (tertiary/aromatic N) is 2. The molecule has 0 bridgehead atoms. The summed E-state index contributed by atoms with van der Waals surface area (Å²) in [5, 5.41) is 6.65.